The van der Waals surface area contributed by atoms with Gasteiger partial charge in [-0.15, -0.1) is 0 Å². The van der Waals surface area contributed by atoms with Crippen LogP contribution in [0.1, 0.15) is 26.7 Å². The monoisotopic (exact) mass is 270 g/mol. The SMILES string of the molecule is COCC(C)OCC(O)CN1CCC(C)(C#N)CC1. The summed E-state index contributed by atoms with van der Waals surface area (Å²) in [6, 6.07) is 2.38. The quantitative estimate of drug-likeness (QED) is 0.748. The summed E-state index contributed by atoms with van der Waals surface area (Å²) in [5.41, 5.74) is -0.190. The van der Waals surface area contributed by atoms with Crippen LogP contribution in [-0.4, -0.2) is 62.2 Å². The Bertz CT molecular complexity index is 296. The Morgan fingerprint density at radius 2 is 2.00 bits per heavy atom. The van der Waals surface area contributed by atoms with E-state index in [0.29, 0.717) is 19.8 Å². The highest BCUT2D eigenvalue weighted by Crippen LogP contribution is 2.29. The molecule has 0 spiro atoms. The predicted octanol–water partition coefficient (Wildman–Crippen LogP) is 1.02. The highest BCUT2D eigenvalue weighted by molar-refractivity contribution is 4.98. The number of nitrogens with zero attached hydrogens (tertiary/aromatic N) is 2. The van der Waals surface area contributed by atoms with Gasteiger partial charge in [-0.25, -0.2) is 0 Å². The number of methoxy groups -OCH3 is 1. The zero-order valence-corrected chi connectivity index (χ0v) is 12.3. The molecule has 0 aromatic carbocycles. The lowest BCUT2D eigenvalue weighted by molar-refractivity contribution is -0.0424. The van der Waals surface area contributed by atoms with Crippen molar-refractivity contribution in [3.8, 4) is 6.07 Å². The zero-order valence-electron chi connectivity index (χ0n) is 12.3. The largest absolute Gasteiger partial charge is 0.389 e. The van der Waals surface area contributed by atoms with Gasteiger partial charge in [-0.05, 0) is 39.8 Å². The number of aliphatic hydroxyl groups excluding tert-OH is 1. The van der Waals surface area contributed by atoms with Crippen LogP contribution in [0.3, 0.4) is 0 Å². The molecule has 0 aromatic heterocycles. The van der Waals surface area contributed by atoms with Crippen LogP contribution in [0.25, 0.3) is 0 Å². The first kappa shape index (κ1) is 16.4. The number of hydrogen-bond donors (Lipinski definition) is 1. The van der Waals surface area contributed by atoms with E-state index >= 15 is 0 Å². The molecule has 1 N–H and O–H groups in total. The smallest absolute Gasteiger partial charge is 0.0900 e. The summed E-state index contributed by atoms with van der Waals surface area (Å²) in [6.45, 7) is 7.16. The molecule has 0 bridgehead atoms. The van der Waals surface area contributed by atoms with Gasteiger partial charge in [0.1, 0.15) is 0 Å². The van der Waals surface area contributed by atoms with Gasteiger partial charge in [-0.2, -0.15) is 5.26 Å². The molecule has 5 nitrogen and oxygen atoms in total. The summed E-state index contributed by atoms with van der Waals surface area (Å²) in [7, 11) is 1.64. The number of aliphatic hydroxyl groups is 1. The fourth-order valence-electron chi connectivity index (χ4n) is 2.25. The van der Waals surface area contributed by atoms with Crippen molar-refractivity contribution >= 4 is 0 Å². The number of piperidine rings is 1. The molecule has 1 rings (SSSR count). The van der Waals surface area contributed by atoms with Crippen molar-refractivity contribution in [2.45, 2.75) is 38.9 Å². The number of rotatable bonds is 7. The number of ether oxygens (including phenoxy) is 2. The van der Waals surface area contributed by atoms with Crippen molar-refractivity contribution < 1.29 is 14.6 Å². The van der Waals surface area contributed by atoms with Crippen LogP contribution >= 0.6 is 0 Å². The molecule has 0 saturated carbocycles. The summed E-state index contributed by atoms with van der Waals surface area (Å²) in [5, 5.41) is 19.0. The maximum Gasteiger partial charge on any atom is 0.0900 e. The standard InChI is InChI=1S/C14H26N2O3/c1-12(9-18-3)19-10-13(17)8-16-6-4-14(2,11-15)5-7-16/h12-13,17H,4-10H2,1-3H3. The van der Waals surface area contributed by atoms with Crippen molar-refractivity contribution in [3.05, 3.63) is 0 Å². The van der Waals surface area contributed by atoms with Crippen LogP contribution in [0.5, 0.6) is 0 Å². The third-order valence-corrected chi connectivity index (χ3v) is 3.67. The van der Waals surface area contributed by atoms with Crippen molar-refractivity contribution in [2.75, 3.05) is 40.0 Å². The molecule has 0 amide bonds. The van der Waals surface area contributed by atoms with Crippen molar-refractivity contribution in [2.24, 2.45) is 5.41 Å². The Labute approximate surface area is 116 Å². The molecule has 1 aliphatic heterocycles. The van der Waals surface area contributed by atoms with E-state index in [1.807, 2.05) is 13.8 Å². The lowest BCUT2D eigenvalue weighted by Crippen LogP contribution is -2.43. The lowest BCUT2D eigenvalue weighted by atomic mass is 9.82. The van der Waals surface area contributed by atoms with Crippen LogP contribution in [0.15, 0.2) is 0 Å². The van der Waals surface area contributed by atoms with Gasteiger partial charge in [-0.1, -0.05) is 0 Å². The van der Waals surface area contributed by atoms with Gasteiger partial charge in [-0.3, -0.25) is 0 Å². The highest BCUT2D eigenvalue weighted by atomic mass is 16.5. The number of hydrogen-bond acceptors (Lipinski definition) is 5. The topological polar surface area (TPSA) is 65.7 Å². The second kappa shape index (κ2) is 7.81. The first-order valence-electron chi connectivity index (χ1n) is 6.91. The molecule has 0 radical (unpaired) electrons. The Morgan fingerprint density at radius 3 is 2.53 bits per heavy atom. The normalized spacial score (nSPS) is 22.7. The Balaban J connectivity index is 2.20. The fraction of sp³-hybridized carbons (Fsp3) is 0.929. The van der Waals surface area contributed by atoms with Gasteiger partial charge in [0.2, 0.25) is 0 Å². The van der Waals surface area contributed by atoms with E-state index in [9.17, 15) is 5.11 Å². The molecular weight excluding hydrogens is 244 g/mol. The van der Waals surface area contributed by atoms with Gasteiger partial charge in [0.15, 0.2) is 0 Å². The van der Waals surface area contributed by atoms with Crippen LogP contribution < -0.4 is 0 Å². The van der Waals surface area contributed by atoms with E-state index in [-0.39, 0.29) is 11.5 Å². The minimum absolute atomic E-state index is 0.00267. The maximum atomic E-state index is 9.93. The molecule has 2 unspecified atom stereocenters. The van der Waals surface area contributed by atoms with Crippen molar-refractivity contribution in [3.63, 3.8) is 0 Å². The molecule has 1 aliphatic rings. The summed E-state index contributed by atoms with van der Waals surface area (Å²) in [6.07, 6.45) is 1.27. The molecule has 1 heterocycles. The summed E-state index contributed by atoms with van der Waals surface area (Å²) in [5.74, 6) is 0. The molecule has 2 atom stereocenters. The van der Waals surface area contributed by atoms with Crippen LogP contribution in [0, 0.1) is 16.7 Å². The molecule has 1 saturated heterocycles. The highest BCUT2D eigenvalue weighted by Gasteiger charge is 2.30. The molecule has 5 heteroatoms. The van der Waals surface area contributed by atoms with E-state index in [4.69, 9.17) is 14.7 Å². The van der Waals surface area contributed by atoms with E-state index in [1.54, 1.807) is 7.11 Å². The fourth-order valence-corrected chi connectivity index (χ4v) is 2.25. The lowest BCUT2D eigenvalue weighted by Gasteiger charge is -2.35. The van der Waals surface area contributed by atoms with Crippen LogP contribution in [0.2, 0.25) is 0 Å². The zero-order chi connectivity index (χ0) is 14.3. The number of nitriles is 1. The molecular formula is C14H26N2O3. The first-order valence-corrected chi connectivity index (χ1v) is 6.91. The predicted molar refractivity (Wildman–Crippen MR) is 72.7 cm³/mol. The van der Waals surface area contributed by atoms with Crippen molar-refractivity contribution in [1.29, 1.82) is 5.26 Å². The Morgan fingerprint density at radius 1 is 1.37 bits per heavy atom. The van der Waals surface area contributed by atoms with Gasteiger partial charge in [0.25, 0.3) is 0 Å². The average Bonchev–Trinajstić information content (AvgIpc) is 2.40. The third kappa shape index (κ3) is 5.87. The van der Waals surface area contributed by atoms with Crippen LogP contribution in [0.4, 0.5) is 0 Å². The number of β-amino-alcohol motifs (C(OH)–C–C–N with tert-alkyl or cyclic N) is 1. The minimum atomic E-state index is -0.481. The van der Waals surface area contributed by atoms with Gasteiger partial charge >= 0.3 is 0 Å². The van der Waals surface area contributed by atoms with Gasteiger partial charge in [0.05, 0.1) is 36.9 Å². The minimum Gasteiger partial charge on any atom is -0.389 e. The summed E-state index contributed by atoms with van der Waals surface area (Å²) >= 11 is 0. The molecule has 1 fully saturated rings. The van der Waals surface area contributed by atoms with E-state index in [2.05, 4.69) is 11.0 Å². The maximum absolute atomic E-state index is 9.93. The molecule has 110 valence electrons. The van der Waals surface area contributed by atoms with E-state index in [0.717, 1.165) is 25.9 Å². The van der Waals surface area contributed by atoms with Gasteiger partial charge in [0, 0.05) is 13.7 Å². The summed E-state index contributed by atoms with van der Waals surface area (Å²) < 4.78 is 10.5. The second-order valence-electron chi connectivity index (χ2n) is 5.73. The Kier molecular flexibility index (Phi) is 6.73. The van der Waals surface area contributed by atoms with E-state index in [1.165, 1.54) is 0 Å². The molecule has 0 aromatic rings. The Hall–Kier alpha value is -0.670. The third-order valence-electron chi connectivity index (χ3n) is 3.67. The first-order chi connectivity index (χ1) is 8.99. The number of likely N-dealkylation sites (tertiary alicyclic amines) is 1. The van der Waals surface area contributed by atoms with Gasteiger partial charge < -0.3 is 19.5 Å². The summed E-state index contributed by atoms with van der Waals surface area (Å²) in [4.78, 5) is 2.20. The van der Waals surface area contributed by atoms with E-state index < -0.39 is 6.10 Å². The second-order valence-corrected chi connectivity index (χ2v) is 5.73. The molecule has 19 heavy (non-hydrogen) atoms. The van der Waals surface area contributed by atoms with Crippen LogP contribution in [-0.2, 0) is 9.47 Å². The average molecular weight is 270 g/mol. The van der Waals surface area contributed by atoms with Crippen molar-refractivity contribution in [1.82, 2.24) is 4.90 Å². The molecule has 0 aliphatic carbocycles.